The fourth-order valence-corrected chi connectivity index (χ4v) is 2.92. The summed E-state index contributed by atoms with van der Waals surface area (Å²) in [7, 11) is 0. The van der Waals surface area contributed by atoms with E-state index in [-0.39, 0.29) is 11.9 Å². The van der Waals surface area contributed by atoms with Crippen molar-refractivity contribution in [1.29, 1.82) is 0 Å². The van der Waals surface area contributed by atoms with Crippen LogP contribution in [0.25, 0.3) is 0 Å². The first-order valence-corrected chi connectivity index (χ1v) is 7.75. The predicted molar refractivity (Wildman–Crippen MR) is 83.4 cm³/mol. The number of benzene rings is 1. The third kappa shape index (κ3) is 2.99. The molecule has 110 valence electrons. The van der Waals surface area contributed by atoms with Gasteiger partial charge >= 0.3 is 0 Å². The van der Waals surface area contributed by atoms with Gasteiger partial charge in [0.1, 0.15) is 0 Å². The number of carbonyl (C=O) groups excluding carboxylic acids is 1. The second-order valence-electron chi connectivity index (χ2n) is 5.47. The van der Waals surface area contributed by atoms with Crippen molar-refractivity contribution >= 4 is 17.5 Å². The molecule has 0 saturated carbocycles. The quantitative estimate of drug-likeness (QED) is 0.928. The Morgan fingerprint density at radius 3 is 2.80 bits per heavy atom. The van der Waals surface area contributed by atoms with E-state index in [0.29, 0.717) is 16.6 Å². The second kappa shape index (κ2) is 6.59. The molecule has 1 N–H and O–H groups in total. The highest BCUT2D eigenvalue weighted by Crippen LogP contribution is 2.24. The first-order valence-electron chi connectivity index (χ1n) is 7.37. The van der Waals surface area contributed by atoms with Gasteiger partial charge in [0.2, 0.25) is 0 Å². The maximum Gasteiger partial charge on any atom is 0.255 e. The number of rotatable bonds is 3. The van der Waals surface area contributed by atoms with Crippen LogP contribution in [0, 0.1) is 6.92 Å². The fourth-order valence-electron chi connectivity index (χ4n) is 2.72. The maximum absolute atomic E-state index is 12.8. The van der Waals surface area contributed by atoms with E-state index in [1.807, 2.05) is 30.0 Å². The molecule has 0 aliphatic carbocycles. The summed E-state index contributed by atoms with van der Waals surface area (Å²) in [6.07, 6.45) is 1.99. The van der Waals surface area contributed by atoms with Crippen LogP contribution < -0.4 is 5.32 Å². The Hall–Kier alpha value is -1.06. The van der Waals surface area contributed by atoms with Gasteiger partial charge in [-0.05, 0) is 31.4 Å². The van der Waals surface area contributed by atoms with Gasteiger partial charge in [0.25, 0.3) is 5.91 Å². The van der Waals surface area contributed by atoms with Crippen LogP contribution in [0.5, 0.6) is 0 Å². The van der Waals surface area contributed by atoms with E-state index in [2.05, 4.69) is 19.2 Å². The first kappa shape index (κ1) is 15.3. The number of amides is 1. The summed E-state index contributed by atoms with van der Waals surface area (Å²) >= 11 is 6.31. The lowest BCUT2D eigenvalue weighted by molar-refractivity contribution is 0.0576. The molecular formula is C16H23ClN2O. The molecule has 1 amide bonds. The van der Waals surface area contributed by atoms with E-state index in [1.165, 1.54) is 0 Å². The Kier molecular flexibility index (Phi) is 5.06. The van der Waals surface area contributed by atoms with Crippen LogP contribution in [0.4, 0.5) is 0 Å². The fraction of sp³-hybridized carbons (Fsp3) is 0.562. The Labute approximate surface area is 126 Å². The molecule has 20 heavy (non-hydrogen) atoms. The topological polar surface area (TPSA) is 32.3 Å². The largest absolute Gasteiger partial charge is 0.333 e. The van der Waals surface area contributed by atoms with Crippen molar-refractivity contribution in [3.63, 3.8) is 0 Å². The lowest BCUT2D eigenvalue weighted by atomic mass is 10.0. The van der Waals surface area contributed by atoms with Crippen LogP contribution in [-0.2, 0) is 0 Å². The molecule has 0 spiro atoms. The number of halogens is 1. The standard InChI is InChI=1S/C16H23ClN2O/c1-4-12-10-19(13(5-2)9-18-12)16(20)14-8-6-7-11(3)15(14)17/h6-8,12-13,18H,4-5,9-10H2,1-3H3. The molecule has 2 rings (SSSR count). The molecule has 1 aromatic rings. The molecule has 1 aliphatic rings. The van der Waals surface area contributed by atoms with Crippen molar-refractivity contribution in [3.05, 3.63) is 34.3 Å². The molecule has 0 bridgehead atoms. The number of nitrogens with one attached hydrogen (secondary N) is 1. The summed E-state index contributed by atoms with van der Waals surface area (Å²) in [6, 6.07) is 6.29. The lowest BCUT2D eigenvalue weighted by Gasteiger charge is -2.40. The van der Waals surface area contributed by atoms with Crippen molar-refractivity contribution in [1.82, 2.24) is 10.2 Å². The van der Waals surface area contributed by atoms with Crippen molar-refractivity contribution in [2.45, 2.75) is 45.7 Å². The van der Waals surface area contributed by atoms with E-state index in [1.54, 1.807) is 0 Å². The van der Waals surface area contributed by atoms with E-state index >= 15 is 0 Å². The molecule has 1 saturated heterocycles. The smallest absolute Gasteiger partial charge is 0.255 e. The zero-order valence-corrected chi connectivity index (χ0v) is 13.2. The predicted octanol–water partition coefficient (Wildman–Crippen LogP) is 3.25. The van der Waals surface area contributed by atoms with Crippen molar-refractivity contribution in [2.75, 3.05) is 13.1 Å². The maximum atomic E-state index is 12.8. The van der Waals surface area contributed by atoms with Crippen LogP contribution in [0.1, 0.15) is 42.6 Å². The zero-order valence-electron chi connectivity index (χ0n) is 12.4. The molecule has 1 aromatic carbocycles. The lowest BCUT2D eigenvalue weighted by Crippen LogP contribution is -2.57. The third-order valence-corrected chi connectivity index (χ3v) is 4.65. The van der Waals surface area contributed by atoms with Crippen molar-refractivity contribution in [3.8, 4) is 0 Å². The van der Waals surface area contributed by atoms with Gasteiger partial charge in [0.15, 0.2) is 0 Å². The van der Waals surface area contributed by atoms with Crippen LogP contribution in [0.3, 0.4) is 0 Å². The van der Waals surface area contributed by atoms with Gasteiger partial charge in [-0.2, -0.15) is 0 Å². The van der Waals surface area contributed by atoms with Crippen LogP contribution in [-0.4, -0.2) is 36.0 Å². The zero-order chi connectivity index (χ0) is 14.7. The summed E-state index contributed by atoms with van der Waals surface area (Å²) in [6.45, 7) is 7.83. The third-order valence-electron chi connectivity index (χ3n) is 4.15. The number of hydrogen-bond donors (Lipinski definition) is 1. The minimum absolute atomic E-state index is 0.0606. The minimum Gasteiger partial charge on any atom is -0.333 e. The molecule has 2 unspecified atom stereocenters. The SMILES string of the molecule is CCC1CN(C(=O)c2cccc(C)c2Cl)C(CC)CN1. The Bertz CT molecular complexity index is 489. The first-order chi connectivity index (χ1) is 9.58. The van der Waals surface area contributed by atoms with Crippen molar-refractivity contribution < 1.29 is 4.79 Å². The van der Waals surface area contributed by atoms with E-state index in [4.69, 9.17) is 11.6 Å². The van der Waals surface area contributed by atoms with Gasteiger partial charge in [-0.15, -0.1) is 0 Å². The minimum atomic E-state index is 0.0606. The molecule has 4 heteroatoms. The van der Waals surface area contributed by atoms with E-state index < -0.39 is 0 Å². The highest BCUT2D eigenvalue weighted by molar-refractivity contribution is 6.34. The molecule has 0 radical (unpaired) electrons. The number of carbonyl (C=O) groups is 1. The average Bonchev–Trinajstić information content (AvgIpc) is 2.48. The molecule has 1 heterocycles. The van der Waals surface area contributed by atoms with Gasteiger partial charge < -0.3 is 10.2 Å². The number of nitrogens with zero attached hydrogens (tertiary/aromatic N) is 1. The second-order valence-corrected chi connectivity index (χ2v) is 5.85. The molecule has 1 fully saturated rings. The molecule has 3 nitrogen and oxygen atoms in total. The highest BCUT2D eigenvalue weighted by atomic mass is 35.5. The highest BCUT2D eigenvalue weighted by Gasteiger charge is 2.31. The normalized spacial score (nSPS) is 22.9. The van der Waals surface area contributed by atoms with Gasteiger partial charge in [-0.1, -0.05) is 37.6 Å². The molecule has 1 aliphatic heterocycles. The van der Waals surface area contributed by atoms with E-state index in [9.17, 15) is 4.79 Å². The van der Waals surface area contributed by atoms with Crippen LogP contribution in [0.2, 0.25) is 5.02 Å². The van der Waals surface area contributed by atoms with Gasteiger partial charge in [-0.3, -0.25) is 4.79 Å². The summed E-state index contributed by atoms with van der Waals surface area (Å²) in [5.41, 5.74) is 1.58. The molecule has 0 aromatic heterocycles. The summed E-state index contributed by atoms with van der Waals surface area (Å²) in [5, 5.41) is 4.09. The monoisotopic (exact) mass is 294 g/mol. The average molecular weight is 295 g/mol. The summed E-state index contributed by atoms with van der Waals surface area (Å²) in [4.78, 5) is 14.8. The molecular weight excluding hydrogens is 272 g/mol. The Balaban J connectivity index is 2.27. The Morgan fingerprint density at radius 2 is 2.15 bits per heavy atom. The van der Waals surface area contributed by atoms with Gasteiger partial charge in [0, 0.05) is 25.2 Å². The van der Waals surface area contributed by atoms with Crippen LogP contribution in [0.15, 0.2) is 18.2 Å². The van der Waals surface area contributed by atoms with Crippen LogP contribution >= 0.6 is 11.6 Å². The number of piperazine rings is 1. The summed E-state index contributed by atoms with van der Waals surface area (Å²) < 4.78 is 0. The van der Waals surface area contributed by atoms with E-state index in [0.717, 1.165) is 31.5 Å². The van der Waals surface area contributed by atoms with Gasteiger partial charge in [0.05, 0.1) is 10.6 Å². The van der Waals surface area contributed by atoms with Crippen molar-refractivity contribution in [2.24, 2.45) is 0 Å². The Morgan fingerprint density at radius 1 is 1.40 bits per heavy atom. The molecule has 2 atom stereocenters. The number of aryl methyl sites for hydroxylation is 1. The summed E-state index contributed by atoms with van der Waals surface area (Å²) in [5.74, 6) is 0.0606. The number of hydrogen-bond acceptors (Lipinski definition) is 2. The van der Waals surface area contributed by atoms with Gasteiger partial charge in [-0.25, -0.2) is 0 Å².